The van der Waals surface area contributed by atoms with E-state index in [4.69, 9.17) is 17.3 Å². The van der Waals surface area contributed by atoms with Crippen molar-refractivity contribution in [3.8, 4) is 0 Å². The van der Waals surface area contributed by atoms with Gasteiger partial charge in [0.15, 0.2) is 5.11 Å². The average Bonchev–Trinajstić information content (AvgIpc) is 3.29. The van der Waals surface area contributed by atoms with E-state index in [2.05, 4.69) is 31.5 Å². The van der Waals surface area contributed by atoms with Gasteiger partial charge in [-0.05, 0) is 87.8 Å². The summed E-state index contributed by atoms with van der Waals surface area (Å²) in [4.78, 5) is 103. The first-order valence-electron chi connectivity index (χ1n) is 24.0. The van der Waals surface area contributed by atoms with Crippen molar-refractivity contribution in [2.45, 2.75) is 102 Å². The number of carboxylic acids is 5. The zero-order valence-electron chi connectivity index (χ0n) is 40.3. The zero-order valence-corrected chi connectivity index (χ0v) is 41.1. The van der Waals surface area contributed by atoms with Crippen LogP contribution in [0.25, 0.3) is 0 Å². The molecule has 3 atom stereocenters. The molecule has 23 nitrogen and oxygen atoms in total. The second kappa shape index (κ2) is 34.7. The fraction of sp³-hybridized carbons (Fsp3) is 0.674. The van der Waals surface area contributed by atoms with Crippen LogP contribution < -0.4 is 26.6 Å². The lowest BCUT2D eigenvalue weighted by atomic mass is 9.94. The van der Waals surface area contributed by atoms with Gasteiger partial charge in [-0.1, -0.05) is 25.5 Å². The average molecular weight is 1010 g/mol. The number of aliphatic hydroxyl groups excluding tert-OH is 1. The van der Waals surface area contributed by atoms with Crippen molar-refractivity contribution in [2.75, 3.05) is 97.1 Å². The SMILES string of the molecule is CCN1CCN(CO)CCN(CC(=O)O)CCN(CC(=O)O)C(Cc2ccc(NC(=S)NCCCCCC(=O)C[C@@H](CCC(=O)O)C(=O)NCCCC[C@H](NC(=O)NCCCC(=O)O)C(=O)O)cc2)C1. The molecule has 0 aromatic heterocycles. The molecule has 1 aliphatic heterocycles. The standard InChI is InChI=1S/C46H75N9O14S/c1-2-52-21-23-54(32-56)24-22-53(30-41(62)63)25-26-55(31-42(64)65)36(29-52)27-33-12-15-35(16-13-33)50-46(70)49-19-6-3-4-9-37(57)28-34(14-17-40(60)61)43(66)47-18-7-5-10-38(44(67)68)51-45(69)48-20-8-11-39(58)59/h12-13,15-16,34,36,38,56H,2-11,14,17-32H2,1H3,(H,47,66)(H,58,59)(H,60,61)(H,62,63)(H,64,65)(H,67,68)(H2,48,51,69)(H2,49,50,70)/t34-,36?,38+/m1/s1. The highest BCUT2D eigenvalue weighted by Gasteiger charge is 2.27. The number of urea groups is 1. The number of likely N-dealkylation sites (N-methyl/N-ethyl adjacent to an activating group) is 1. The van der Waals surface area contributed by atoms with Crippen LogP contribution in [0, 0.1) is 5.92 Å². The Morgan fingerprint density at radius 2 is 1.27 bits per heavy atom. The summed E-state index contributed by atoms with van der Waals surface area (Å²) in [6.45, 7) is 6.36. The first-order valence-corrected chi connectivity index (χ1v) is 24.4. The first kappa shape index (κ1) is 60.6. The Bertz CT molecular complexity index is 1830. The maximum atomic E-state index is 13.0. The fourth-order valence-electron chi connectivity index (χ4n) is 7.84. The number of thiocarbonyl (C=S) groups is 1. The number of nitrogens with one attached hydrogen (secondary N) is 5. The van der Waals surface area contributed by atoms with E-state index in [0.29, 0.717) is 96.0 Å². The predicted octanol–water partition coefficient (Wildman–Crippen LogP) is 1.15. The summed E-state index contributed by atoms with van der Waals surface area (Å²) in [6.07, 6.45) is 3.03. The number of nitrogens with zero attached hydrogens (tertiary/aromatic N) is 4. The third-order valence-corrected chi connectivity index (χ3v) is 12.1. The van der Waals surface area contributed by atoms with Crippen LogP contribution in [-0.4, -0.2) is 207 Å². The molecule has 11 N–H and O–H groups in total. The Labute approximate surface area is 414 Å². The molecule has 1 saturated heterocycles. The highest BCUT2D eigenvalue weighted by molar-refractivity contribution is 7.80. The monoisotopic (exact) mass is 1010 g/mol. The van der Waals surface area contributed by atoms with Gasteiger partial charge in [0.1, 0.15) is 11.8 Å². The van der Waals surface area contributed by atoms with E-state index in [-0.39, 0.29) is 89.7 Å². The number of amides is 3. The number of aliphatic hydroxyl groups is 1. The van der Waals surface area contributed by atoms with Gasteiger partial charge in [0.2, 0.25) is 5.91 Å². The van der Waals surface area contributed by atoms with E-state index >= 15 is 0 Å². The van der Waals surface area contributed by atoms with Crippen LogP contribution in [0.5, 0.6) is 0 Å². The summed E-state index contributed by atoms with van der Waals surface area (Å²) in [7, 11) is 0. The Hall–Kier alpha value is -5.53. The number of unbranched alkanes of at least 4 members (excludes halogenated alkanes) is 3. The third-order valence-electron chi connectivity index (χ3n) is 11.8. The minimum atomic E-state index is -1.25. The number of carboxylic acid groups (broad SMARTS) is 5. The summed E-state index contributed by atoms with van der Waals surface area (Å²) in [5.74, 6) is -6.80. The molecule has 70 heavy (non-hydrogen) atoms. The Morgan fingerprint density at radius 1 is 0.657 bits per heavy atom. The topological polar surface area (TPSA) is 331 Å². The zero-order chi connectivity index (χ0) is 51.8. The summed E-state index contributed by atoms with van der Waals surface area (Å²) >= 11 is 5.51. The predicted molar refractivity (Wildman–Crippen MR) is 262 cm³/mol. The van der Waals surface area contributed by atoms with Crippen molar-refractivity contribution in [1.29, 1.82) is 0 Å². The fourth-order valence-corrected chi connectivity index (χ4v) is 8.06. The van der Waals surface area contributed by atoms with E-state index in [0.717, 1.165) is 17.8 Å². The van der Waals surface area contributed by atoms with Crippen LogP contribution in [0.1, 0.15) is 89.5 Å². The number of hydrogen-bond donors (Lipinski definition) is 11. The van der Waals surface area contributed by atoms with Crippen molar-refractivity contribution in [3.05, 3.63) is 29.8 Å². The van der Waals surface area contributed by atoms with Crippen LogP contribution in [-0.2, 0) is 40.0 Å². The van der Waals surface area contributed by atoms with Gasteiger partial charge in [-0.25, -0.2) is 9.59 Å². The summed E-state index contributed by atoms with van der Waals surface area (Å²) in [5, 5.41) is 70.9. The summed E-state index contributed by atoms with van der Waals surface area (Å²) in [5.41, 5.74) is 1.72. The number of rotatable bonds is 32. The Kier molecular flexibility index (Phi) is 30.0. The lowest BCUT2D eigenvalue weighted by Crippen LogP contribution is -2.52. The van der Waals surface area contributed by atoms with Crippen LogP contribution >= 0.6 is 12.2 Å². The molecular formula is C46H75N9O14S. The molecule has 3 amide bonds. The molecule has 0 radical (unpaired) electrons. The van der Waals surface area contributed by atoms with Gasteiger partial charge in [0.25, 0.3) is 0 Å². The molecule has 0 bridgehead atoms. The molecule has 0 saturated carbocycles. The summed E-state index contributed by atoms with van der Waals surface area (Å²) < 4.78 is 0. The lowest BCUT2D eigenvalue weighted by molar-refractivity contribution is -0.140. The number of Topliss-reactive ketones (excluding diaryl/α,β-unsaturated/α-hetero) is 1. The first-order chi connectivity index (χ1) is 33.4. The minimum absolute atomic E-state index is 0.0253. The van der Waals surface area contributed by atoms with Gasteiger partial charge < -0.3 is 62.1 Å². The number of carbonyl (C=O) groups is 8. The van der Waals surface area contributed by atoms with Gasteiger partial charge >= 0.3 is 35.9 Å². The second-order valence-electron chi connectivity index (χ2n) is 17.4. The maximum absolute atomic E-state index is 13.0. The van der Waals surface area contributed by atoms with Crippen LogP contribution in [0.4, 0.5) is 10.5 Å². The molecule has 1 heterocycles. The van der Waals surface area contributed by atoms with Crippen molar-refractivity contribution < 1.29 is 69.0 Å². The summed E-state index contributed by atoms with van der Waals surface area (Å²) in [6, 6.07) is 5.54. The number of anilines is 1. The molecule has 0 aliphatic carbocycles. The molecule has 2 rings (SSSR count). The molecule has 1 unspecified atom stereocenters. The number of ketones is 1. The molecular weight excluding hydrogens is 935 g/mol. The number of aliphatic carboxylic acids is 5. The number of hydrogen-bond acceptors (Lipinski definition) is 14. The largest absolute Gasteiger partial charge is 0.481 e. The molecule has 1 fully saturated rings. The number of benzene rings is 1. The van der Waals surface area contributed by atoms with E-state index in [1.165, 1.54) is 0 Å². The van der Waals surface area contributed by atoms with Crippen molar-refractivity contribution in [3.63, 3.8) is 0 Å². The van der Waals surface area contributed by atoms with E-state index in [1.54, 1.807) is 4.90 Å². The van der Waals surface area contributed by atoms with Crippen molar-refractivity contribution in [2.24, 2.45) is 5.92 Å². The smallest absolute Gasteiger partial charge is 0.326 e. The van der Waals surface area contributed by atoms with Gasteiger partial charge in [-0.3, -0.25) is 43.5 Å². The van der Waals surface area contributed by atoms with E-state index < -0.39 is 53.7 Å². The maximum Gasteiger partial charge on any atom is 0.326 e. The Morgan fingerprint density at radius 3 is 1.90 bits per heavy atom. The molecule has 1 aliphatic rings. The van der Waals surface area contributed by atoms with Gasteiger partial charge in [0.05, 0.1) is 19.8 Å². The van der Waals surface area contributed by atoms with Crippen molar-refractivity contribution in [1.82, 2.24) is 40.9 Å². The van der Waals surface area contributed by atoms with Gasteiger partial charge in [0, 0.05) is 109 Å². The Balaban J connectivity index is 1.82. The van der Waals surface area contributed by atoms with Gasteiger partial charge in [-0.2, -0.15) is 0 Å². The molecule has 0 spiro atoms. The second-order valence-corrected chi connectivity index (χ2v) is 17.8. The normalized spacial score (nSPS) is 16.3. The van der Waals surface area contributed by atoms with Crippen molar-refractivity contribution >= 4 is 70.6 Å². The minimum Gasteiger partial charge on any atom is -0.481 e. The highest BCUT2D eigenvalue weighted by atomic mass is 32.1. The quantitative estimate of drug-likeness (QED) is 0.0356. The molecule has 394 valence electrons. The van der Waals surface area contributed by atoms with E-state index in [9.17, 15) is 63.9 Å². The molecule has 24 heteroatoms. The van der Waals surface area contributed by atoms with Gasteiger partial charge in [-0.15, -0.1) is 0 Å². The van der Waals surface area contributed by atoms with E-state index in [1.807, 2.05) is 41.0 Å². The highest BCUT2D eigenvalue weighted by Crippen LogP contribution is 2.18. The molecule has 1 aromatic rings. The molecule has 1 aromatic carbocycles. The third kappa shape index (κ3) is 27.6. The van der Waals surface area contributed by atoms with Crippen LogP contribution in [0.3, 0.4) is 0 Å². The lowest BCUT2D eigenvalue weighted by Gasteiger charge is -2.37. The van der Waals surface area contributed by atoms with Crippen LogP contribution in [0.2, 0.25) is 0 Å². The van der Waals surface area contributed by atoms with Crippen LogP contribution in [0.15, 0.2) is 24.3 Å². The number of carbonyl (C=O) groups excluding carboxylic acids is 3.